The number of carboxylic acid groups (broad SMARTS) is 1. The number of hydrogen-bond acceptors (Lipinski definition) is 4. The topological polar surface area (TPSA) is 62.7 Å². The van der Waals surface area contributed by atoms with Crippen molar-refractivity contribution in [2.24, 2.45) is 0 Å². The first-order chi connectivity index (χ1) is 14.1. The number of pyridine rings is 1. The molecule has 6 heteroatoms. The van der Waals surface area contributed by atoms with Gasteiger partial charge in [-0.1, -0.05) is 29.8 Å². The minimum atomic E-state index is -0.898. The minimum Gasteiger partial charge on any atom is -0.489 e. The van der Waals surface area contributed by atoms with Crippen molar-refractivity contribution in [1.29, 1.82) is 0 Å². The van der Waals surface area contributed by atoms with Crippen molar-refractivity contribution < 1.29 is 14.6 Å². The molecule has 3 heterocycles. The van der Waals surface area contributed by atoms with Crippen molar-refractivity contribution in [2.75, 3.05) is 19.7 Å². The molecule has 0 saturated heterocycles. The zero-order valence-corrected chi connectivity index (χ0v) is 16.4. The molecule has 3 aromatic rings. The van der Waals surface area contributed by atoms with E-state index in [9.17, 15) is 9.90 Å². The van der Waals surface area contributed by atoms with Gasteiger partial charge in [-0.05, 0) is 35.9 Å². The predicted octanol–water partition coefficient (Wildman–Crippen LogP) is 4.42. The van der Waals surface area contributed by atoms with Crippen LogP contribution in [0.15, 0.2) is 48.0 Å². The van der Waals surface area contributed by atoms with Gasteiger partial charge in [-0.3, -0.25) is 9.88 Å². The molecule has 1 aromatic heterocycles. The van der Waals surface area contributed by atoms with E-state index in [4.69, 9.17) is 21.3 Å². The van der Waals surface area contributed by atoms with Gasteiger partial charge in [-0.2, -0.15) is 0 Å². The number of halogens is 1. The van der Waals surface area contributed by atoms with E-state index < -0.39 is 5.97 Å². The van der Waals surface area contributed by atoms with Crippen molar-refractivity contribution in [3.8, 4) is 5.75 Å². The first-order valence-corrected chi connectivity index (χ1v) is 9.94. The van der Waals surface area contributed by atoms with Crippen LogP contribution in [0.4, 0.5) is 0 Å². The zero-order valence-electron chi connectivity index (χ0n) is 15.7. The Labute approximate surface area is 173 Å². The maximum Gasteiger partial charge on any atom is 0.336 e. The SMILES string of the molecule is O=C(O)c1c2c(nc3ccccc13)CCN(CC1=Cc3cc(Cl)ccc3OC1)C2. The Morgan fingerprint density at radius 1 is 1.24 bits per heavy atom. The molecule has 2 aromatic carbocycles. The molecular formula is C23H19ClN2O3. The number of rotatable bonds is 3. The first-order valence-electron chi connectivity index (χ1n) is 9.56. The second-order valence-corrected chi connectivity index (χ2v) is 7.90. The summed E-state index contributed by atoms with van der Waals surface area (Å²) in [6.07, 6.45) is 2.86. The standard InChI is InChI=1S/C23H19ClN2O3/c24-16-5-6-21-15(10-16)9-14(13-29-21)11-26-8-7-20-18(12-26)22(23(27)28)17-3-1-2-4-19(17)25-20/h1-6,9-10H,7-8,11-13H2,(H,27,28). The molecule has 2 aliphatic heterocycles. The number of ether oxygens (including phenoxy) is 1. The molecule has 5 nitrogen and oxygen atoms in total. The van der Waals surface area contributed by atoms with Gasteiger partial charge < -0.3 is 9.84 Å². The molecule has 29 heavy (non-hydrogen) atoms. The Hall–Kier alpha value is -2.89. The number of hydrogen-bond donors (Lipinski definition) is 1. The number of para-hydroxylation sites is 1. The smallest absolute Gasteiger partial charge is 0.336 e. The van der Waals surface area contributed by atoms with Crippen LogP contribution in [-0.4, -0.2) is 40.7 Å². The molecule has 0 amide bonds. The Morgan fingerprint density at radius 3 is 2.97 bits per heavy atom. The van der Waals surface area contributed by atoms with E-state index >= 15 is 0 Å². The number of benzene rings is 2. The van der Waals surface area contributed by atoms with E-state index in [1.54, 1.807) is 0 Å². The summed E-state index contributed by atoms with van der Waals surface area (Å²) in [6, 6.07) is 13.1. The number of carboxylic acids is 1. The fourth-order valence-electron chi connectivity index (χ4n) is 4.20. The van der Waals surface area contributed by atoms with E-state index in [0.29, 0.717) is 29.1 Å². The van der Waals surface area contributed by atoms with Gasteiger partial charge in [0.2, 0.25) is 0 Å². The van der Waals surface area contributed by atoms with Gasteiger partial charge in [0, 0.05) is 53.3 Å². The third kappa shape index (κ3) is 3.37. The van der Waals surface area contributed by atoms with E-state index in [0.717, 1.165) is 53.2 Å². The summed E-state index contributed by atoms with van der Waals surface area (Å²) in [4.78, 5) is 19.1. The van der Waals surface area contributed by atoms with Crippen LogP contribution < -0.4 is 4.74 Å². The van der Waals surface area contributed by atoms with Crippen molar-refractivity contribution in [1.82, 2.24) is 9.88 Å². The van der Waals surface area contributed by atoms with Gasteiger partial charge >= 0.3 is 5.97 Å². The van der Waals surface area contributed by atoms with E-state index in [1.807, 2.05) is 42.5 Å². The minimum absolute atomic E-state index is 0.376. The molecule has 1 N–H and O–H groups in total. The van der Waals surface area contributed by atoms with Crippen LogP contribution in [0.3, 0.4) is 0 Å². The predicted molar refractivity (Wildman–Crippen MR) is 113 cm³/mol. The first kappa shape index (κ1) is 18.2. The maximum atomic E-state index is 12.1. The summed E-state index contributed by atoms with van der Waals surface area (Å²) in [6.45, 7) is 2.64. The van der Waals surface area contributed by atoms with Crippen molar-refractivity contribution in [2.45, 2.75) is 13.0 Å². The summed E-state index contributed by atoms with van der Waals surface area (Å²) in [5, 5.41) is 11.3. The fraction of sp³-hybridized carbons (Fsp3) is 0.217. The normalized spacial score (nSPS) is 16.0. The highest BCUT2D eigenvalue weighted by molar-refractivity contribution is 6.30. The molecule has 5 rings (SSSR count). The molecule has 0 saturated carbocycles. The lowest BCUT2D eigenvalue weighted by Gasteiger charge is -2.31. The van der Waals surface area contributed by atoms with Crippen LogP contribution in [0.25, 0.3) is 17.0 Å². The highest BCUT2D eigenvalue weighted by atomic mass is 35.5. The van der Waals surface area contributed by atoms with Crippen LogP contribution in [-0.2, 0) is 13.0 Å². The highest BCUT2D eigenvalue weighted by Gasteiger charge is 2.26. The summed E-state index contributed by atoms with van der Waals surface area (Å²) < 4.78 is 5.86. The average molecular weight is 407 g/mol. The number of carbonyl (C=O) groups is 1. The Bertz CT molecular complexity index is 1170. The lowest BCUT2D eigenvalue weighted by molar-refractivity contribution is 0.0695. The van der Waals surface area contributed by atoms with E-state index in [2.05, 4.69) is 11.0 Å². The lowest BCUT2D eigenvalue weighted by Crippen LogP contribution is -2.35. The molecule has 0 aliphatic carbocycles. The van der Waals surface area contributed by atoms with Crippen LogP contribution in [0.1, 0.15) is 27.2 Å². The molecule has 0 radical (unpaired) electrons. The van der Waals surface area contributed by atoms with Crippen LogP contribution in [0.2, 0.25) is 5.02 Å². The lowest BCUT2D eigenvalue weighted by atomic mass is 9.95. The largest absolute Gasteiger partial charge is 0.489 e. The number of aromatic carboxylic acids is 1. The number of nitrogens with zero attached hydrogens (tertiary/aromatic N) is 2. The van der Waals surface area contributed by atoms with Crippen LogP contribution in [0.5, 0.6) is 5.75 Å². The van der Waals surface area contributed by atoms with Crippen LogP contribution in [0, 0.1) is 0 Å². The summed E-state index contributed by atoms with van der Waals surface area (Å²) in [5.74, 6) is -0.0588. The van der Waals surface area contributed by atoms with Gasteiger partial charge in [0.25, 0.3) is 0 Å². The second-order valence-electron chi connectivity index (χ2n) is 7.47. The highest BCUT2D eigenvalue weighted by Crippen LogP contribution is 2.31. The maximum absolute atomic E-state index is 12.1. The molecule has 0 unspecified atom stereocenters. The van der Waals surface area contributed by atoms with Crippen LogP contribution >= 0.6 is 11.6 Å². The van der Waals surface area contributed by atoms with Crippen molar-refractivity contribution >= 4 is 34.5 Å². The molecule has 0 fully saturated rings. The number of aromatic nitrogens is 1. The summed E-state index contributed by atoms with van der Waals surface area (Å²) in [5.41, 5.74) is 4.96. The molecule has 0 spiro atoms. The fourth-order valence-corrected chi connectivity index (χ4v) is 4.38. The molecule has 0 atom stereocenters. The second kappa shape index (κ2) is 7.17. The molecule has 2 aliphatic rings. The van der Waals surface area contributed by atoms with Gasteiger partial charge in [-0.25, -0.2) is 4.79 Å². The Morgan fingerprint density at radius 2 is 2.10 bits per heavy atom. The van der Waals surface area contributed by atoms with Gasteiger partial charge in [-0.15, -0.1) is 0 Å². The Balaban J connectivity index is 1.46. The molecule has 0 bridgehead atoms. The van der Waals surface area contributed by atoms with Gasteiger partial charge in [0.05, 0.1) is 11.1 Å². The summed E-state index contributed by atoms with van der Waals surface area (Å²) in [7, 11) is 0. The third-order valence-corrected chi connectivity index (χ3v) is 5.75. The average Bonchev–Trinajstić information content (AvgIpc) is 2.71. The van der Waals surface area contributed by atoms with E-state index in [1.165, 1.54) is 0 Å². The van der Waals surface area contributed by atoms with E-state index in [-0.39, 0.29) is 0 Å². The molecular weight excluding hydrogens is 388 g/mol. The Kier molecular flexibility index (Phi) is 4.49. The molecule has 146 valence electrons. The van der Waals surface area contributed by atoms with Gasteiger partial charge in [0.15, 0.2) is 0 Å². The number of fused-ring (bicyclic) bond motifs is 3. The quantitative estimate of drug-likeness (QED) is 0.697. The monoisotopic (exact) mass is 406 g/mol. The van der Waals surface area contributed by atoms with Gasteiger partial charge in [0.1, 0.15) is 12.4 Å². The van der Waals surface area contributed by atoms with Crippen molar-refractivity contribution in [3.05, 3.63) is 75.4 Å². The third-order valence-electron chi connectivity index (χ3n) is 5.51. The summed E-state index contributed by atoms with van der Waals surface area (Å²) >= 11 is 6.11. The van der Waals surface area contributed by atoms with Crippen molar-refractivity contribution in [3.63, 3.8) is 0 Å². The zero-order chi connectivity index (χ0) is 20.0.